The van der Waals surface area contributed by atoms with Gasteiger partial charge in [0.25, 0.3) is 5.91 Å². The molecule has 29 heavy (non-hydrogen) atoms. The lowest BCUT2D eigenvalue weighted by atomic mass is 10.1. The number of benzene rings is 2. The van der Waals surface area contributed by atoms with Crippen molar-refractivity contribution in [2.24, 2.45) is 0 Å². The van der Waals surface area contributed by atoms with E-state index in [-0.39, 0.29) is 5.91 Å². The molecule has 0 saturated carbocycles. The number of amides is 1. The van der Waals surface area contributed by atoms with Gasteiger partial charge in [0.05, 0.1) is 17.2 Å². The molecule has 0 spiro atoms. The van der Waals surface area contributed by atoms with Crippen LogP contribution in [0.15, 0.2) is 51.8 Å². The van der Waals surface area contributed by atoms with Gasteiger partial charge in [0.1, 0.15) is 0 Å². The number of halogens is 1. The molecule has 9 heteroatoms. The number of carboxylic acid groups (broad SMARTS) is 1. The van der Waals surface area contributed by atoms with E-state index >= 15 is 0 Å². The van der Waals surface area contributed by atoms with Gasteiger partial charge in [-0.1, -0.05) is 46.0 Å². The smallest absolute Gasteiger partial charge is 0.341 e. The van der Waals surface area contributed by atoms with Crippen LogP contribution < -0.4 is 14.4 Å². The Hall–Kier alpha value is -2.36. The van der Waals surface area contributed by atoms with Crippen LogP contribution in [-0.4, -0.2) is 34.5 Å². The highest BCUT2D eigenvalue weighted by atomic mass is 79.9. The zero-order valence-corrected chi connectivity index (χ0v) is 18.5. The van der Waals surface area contributed by atoms with Crippen molar-refractivity contribution in [3.05, 3.63) is 57.4 Å². The van der Waals surface area contributed by atoms with Gasteiger partial charge in [0.15, 0.2) is 22.4 Å². The van der Waals surface area contributed by atoms with Crippen LogP contribution in [0.1, 0.15) is 12.5 Å². The highest BCUT2D eigenvalue weighted by Gasteiger charge is 2.33. The average Bonchev–Trinajstić information content (AvgIpc) is 2.95. The summed E-state index contributed by atoms with van der Waals surface area (Å²) in [6.45, 7) is 1.74. The summed E-state index contributed by atoms with van der Waals surface area (Å²) in [5, 5.41) is 8.79. The monoisotopic (exact) mass is 493 g/mol. The van der Waals surface area contributed by atoms with E-state index in [9.17, 15) is 9.59 Å². The average molecular weight is 494 g/mol. The Bertz CT molecular complexity index is 991. The lowest BCUT2D eigenvalue weighted by molar-refractivity contribution is -0.139. The van der Waals surface area contributed by atoms with Crippen LogP contribution in [0.25, 0.3) is 6.08 Å². The molecule has 1 aliphatic heterocycles. The number of aliphatic carboxylic acids is 1. The van der Waals surface area contributed by atoms with Crippen molar-refractivity contribution in [3.8, 4) is 11.5 Å². The van der Waals surface area contributed by atoms with Crippen molar-refractivity contribution >= 4 is 67.9 Å². The maximum absolute atomic E-state index is 12.9. The largest absolute Gasteiger partial charge is 0.490 e. The van der Waals surface area contributed by atoms with Gasteiger partial charge in [0, 0.05) is 4.47 Å². The van der Waals surface area contributed by atoms with E-state index in [1.165, 1.54) is 16.7 Å². The summed E-state index contributed by atoms with van der Waals surface area (Å²) in [4.78, 5) is 25.6. The Kier molecular flexibility index (Phi) is 6.94. The number of carbonyl (C=O) groups excluding carboxylic acids is 1. The summed E-state index contributed by atoms with van der Waals surface area (Å²) in [6, 6.07) is 12.4. The number of anilines is 1. The number of rotatable bonds is 7. The van der Waals surface area contributed by atoms with Gasteiger partial charge in [-0.3, -0.25) is 9.69 Å². The number of ether oxygens (including phenoxy) is 2. The van der Waals surface area contributed by atoms with E-state index in [0.717, 1.165) is 4.47 Å². The first-order chi connectivity index (χ1) is 13.9. The first-order valence-corrected chi connectivity index (χ1v) is 10.6. The molecule has 0 atom stereocenters. The molecule has 0 bridgehead atoms. The first kappa shape index (κ1) is 21.4. The highest BCUT2D eigenvalue weighted by Crippen LogP contribution is 2.37. The molecular formula is C20H16BrNO5S2. The van der Waals surface area contributed by atoms with Crippen molar-refractivity contribution in [3.63, 3.8) is 0 Å². The molecule has 2 aromatic carbocycles. The molecule has 1 fully saturated rings. The van der Waals surface area contributed by atoms with E-state index in [0.29, 0.717) is 38.6 Å². The van der Waals surface area contributed by atoms with Gasteiger partial charge < -0.3 is 14.6 Å². The first-order valence-electron chi connectivity index (χ1n) is 8.54. The fraction of sp³-hybridized carbons (Fsp3) is 0.150. The molecule has 0 radical (unpaired) electrons. The Balaban J connectivity index is 1.86. The van der Waals surface area contributed by atoms with Crippen molar-refractivity contribution in [2.75, 3.05) is 18.1 Å². The fourth-order valence-electron chi connectivity index (χ4n) is 2.57. The number of hydrogen-bond acceptors (Lipinski definition) is 6. The fourth-order valence-corrected chi connectivity index (χ4v) is 4.14. The molecule has 3 rings (SSSR count). The van der Waals surface area contributed by atoms with Crippen LogP contribution in [0.4, 0.5) is 5.69 Å². The Labute approximate surface area is 185 Å². The van der Waals surface area contributed by atoms with Gasteiger partial charge in [-0.05, 0) is 55.0 Å². The summed E-state index contributed by atoms with van der Waals surface area (Å²) in [5.74, 6) is -0.542. The van der Waals surface area contributed by atoms with Crippen LogP contribution in [0, 0.1) is 0 Å². The molecule has 1 heterocycles. The lowest BCUT2D eigenvalue weighted by Crippen LogP contribution is -2.27. The zero-order valence-electron chi connectivity index (χ0n) is 15.3. The molecular weight excluding hydrogens is 478 g/mol. The van der Waals surface area contributed by atoms with Gasteiger partial charge in [-0.2, -0.15) is 0 Å². The number of carbonyl (C=O) groups is 2. The minimum atomic E-state index is -1.08. The molecule has 150 valence electrons. The minimum absolute atomic E-state index is 0.202. The number of nitrogens with zero attached hydrogens (tertiary/aromatic N) is 1. The van der Waals surface area contributed by atoms with Crippen LogP contribution in [0.2, 0.25) is 0 Å². The van der Waals surface area contributed by atoms with Gasteiger partial charge >= 0.3 is 5.97 Å². The maximum Gasteiger partial charge on any atom is 0.341 e. The second-order valence-corrected chi connectivity index (χ2v) is 8.41. The van der Waals surface area contributed by atoms with Crippen molar-refractivity contribution in [1.29, 1.82) is 0 Å². The molecule has 1 saturated heterocycles. The number of hydrogen-bond donors (Lipinski definition) is 1. The molecule has 1 amide bonds. The van der Waals surface area contributed by atoms with Crippen molar-refractivity contribution < 1.29 is 24.2 Å². The van der Waals surface area contributed by atoms with Crippen molar-refractivity contribution in [1.82, 2.24) is 0 Å². The topological polar surface area (TPSA) is 76.1 Å². The Morgan fingerprint density at radius 3 is 2.59 bits per heavy atom. The summed E-state index contributed by atoms with van der Waals surface area (Å²) in [7, 11) is 0. The van der Waals surface area contributed by atoms with Crippen LogP contribution in [-0.2, 0) is 9.59 Å². The van der Waals surface area contributed by atoms with Crippen LogP contribution >= 0.6 is 39.9 Å². The summed E-state index contributed by atoms with van der Waals surface area (Å²) in [5.41, 5.74) is 1.42. The Morgan fingerprint density at radius 2 is 1.93 bits per heavy atom. The molecule has 1 aliphatic rings. The highest BCUT2D eigenvalue weighted by molar-refractivity contribution is 9.10. The third-order valence-corrected chi connectivity index (χ3v) is 5.63. The van der Waals surface area contributed by atoms with Crippen molar-refractivity contribution in [2.45, 2.75) is 6.92 Å². The van der Waals surface area contributed by atoms with Gasteiger partial charge in [0.2, 0.25) is 0 Å². The summed E-state index contributed by atoms with van der Waals surface area (Å²) >= 11 is 9.99. The van der Waals surface area contributed by atoms with E-state index in [1.54, 1.807) is 24.3 Å². The SMILES string of the molecule is CCOc1cc(/C=C2/SC(=S)N(c3ccc(Br)cc3)C2=O)ccc1OCC(=O)O. The zero-order chi connectivity index (χ0) is 21.0. The maximum atomic E-state index is 12.9. The third kappa shape index (κ3) is 5.17. The van der Waals surface area contributed by atoms with E-state index in [1.807, 2.05) is 31.2 Å². The second kappa shape index (κ2) is 9.43. The third-order valence-electron chi connectivity index (χ3n) is 3.80. The molecule has 0 aliphatic carbocycles. The summed E-state index contributed by atoms with van der Waals surface area (Å²) in [6.07, 6.45) is 1.72. The number of thioether (sulfide) groups is 1. The predicted molar refractivity (Wildman–Crippen MR) is 121 cm³/mol. The van der Waals surface area contributed by atoms with E-state index < -0.39 is 12.6 Å². The molecule has 0 unspecified atom stereocenters. The van der Waals surface area contributed by atoms with Gasteiger partial charge in [-0.25, -0.2) is 4.79 Å². The van der Waals surface area contributed by atoms with Crippen LogP contribution in [0.3, 0.4) is 0 Å². The molecule has 0 aromatic heterocycles. The summed E-state index contributed by atoms with van der Waals surface area (Å²) < 4.78 is 12.2. The second-order valence-electron chi connectivity index (χ2n) is 5.82. The molecule has 2 aromatic rings. The molecule has 6 nitrogen and oxygen atoms in total. The molecule has 1 N–H and O–H groups in total. The predicted octanol–water partition coefficient (Wildman–Crippen LogP) is 4.72. The normalized spacial score (nSPS) is 15.1. The van der Waals surface area contributed by atoms with Crippen LogP contribution in [0.5, 0.6) is 11.5 Å². The van der Waals surface area contributed by atoms with Gasteiger partial charge in [-0.15, -0.1) is 0 Å². The number of carboxylic acids is 1. The quantitative estimate of drug-likeness (QED) is 0.441. The Morgan fingerprint density at radius 1 is 1.21 bits per heavy atom. The minimum Gasteiger partial charge on any atom is -0.490 e. The number of thiocarbonyl (C=S) groups is 1. The van der Waals surface area contributed by atoms with E-state index in [4.69, 9.17) is 26.8 Å². The standard InChI is InChI=1S/C20H16BrNO5S2/c1-2-26-16-9-12(3-8-15(16)27-11-18(23)24)10-17-19(25)22(20(28)29-17)14-6-4-13(21)5-7-14/h3-10H,2,11H2,1H3,(H,23,24)/b17-10+. The van der Waals surface area contributed by atoms with E-state index in [2.05, 4.69) is 15.9 Å². The lowest BCUT2D eigenvalue weighted by Gasteiger charge is -2.14.